The van der Waals surface area contributed by atoms with E-state index in [-0.39, 0.29) is 12.5 Å². The average Bonchev–Trinajstić information content (AvgIpc) is 2.69. The van der Waals surface area contributed by atoms with Gasteiger partial charge in [0.1, 0.15) is 0 Å². The van der Waals surface area contributed by atoms with Crippen LogP contribution in [0.15, 0.2) is 5.18 Å². The van der Waals surface area contributed by atoms with Crippen LogP contribution in [-0.4, -0.2) is 19.6 Å². The van der Waals surface area contributed by atoms with E-state index >= 15 is 0 Å². The Morgan fingerprint density at radius 3 is 2.60 bits per heavy atom. The van der Waals surface area contributed by atoms with Crippen molar-refractivity contribution in [3.63, 3.8) is 0 Å². The van der Waals surface area contributed by atoms with Gasteiger partial charge in [-0.15, -0.1) is 0 Å². The molecular weight excluding hydrogens is 134 g/mol. The van der Waals surface area contributed by atoms with Crippen LogP contribution in [0, 0.1) is 10.3 Å². The molecule has 1 saturated carbocycles. The molecule has 0 amide bonds. The molecule has 4 heteroatoms. The third kappa shape index (κ3) is 1.01. The number of methoxy groups -OCH3 is 1. The van der Waals surface area contributed by atoms with Gasteiger partial charge in [0.2, 0.25) is 0 Å². The summed E-state index contributed by atoms with van der Waals surface area (Å²) in [4.78, 5) is 20.7. The number of esters is 1. The molecule has 0 atom stereocenters. The van der Waals surface area contributed by atoms with Gasteiger partial charge < -0.3 is 4.74 Å². The van der Waals surface area contributed by atoms with Gasteiger partial charge in [-0.3, -0.25) is 4.79 Å². The van der Waals surface area contributed by atoms with Gasteiger partial charge in [0.25, 0.3) is 0 Å². The van der Waals surface area contributed by atoms with Crippen molar-refractivity contribution in [3.05, 3.63) is 4.91 Å². The van der Waals surface area contributed by atoms with Crippen LogP contribution in [0.25, 0.3) is 0 Å². The smallest absolute Gasteiger partial charge is 0.313 e. The second kappa shape index (κ2) is 2.36. The van der Waals surface area contributed by atoms with Crippen molar-refractivity contribution < 1.29 is 9.53 Å². The van der Waals surface area contributed by atoms with E-state index in [0.29, 0.717) is 0 Å². The summed E-state index contributed by atoms with van der Waals surface area (Å²) < 4.78 is 4.49. The summed E-state index contributed by atoms with van der Waals surface area (Å²) in [7, 11) is 1.33. The Morgan fingerprint density at radius 1 is 1.70 bits per heavy atom. The second-order valence-corrected chi connectivity index (χ2v) is 2.56. The molecule has 1 fully saturated rings. The van der Waals surface area contributed by atoms with E-state index in [9.17, 15) is 9.70 Å². The van der Waals surface area contributed by atoms with Crippen LogP contribution in [-0.2, 0) is 9.53 Å². The third-order valence-corrected chi connectivity index (χ3v) is 1.84. The first-order chi connectivity index (χ1) is 4.75. The van der Waals surface area contributed by atoms with Crippen molar-refractivity contribution in [2.45, 2.75) is 12.8 Å². The highest BCUT2D eigenvalue weighted by Crippen LogP contribution is 2.46. The predicted molar refractivity (Wildman–Crippen MR) is 34.3 cm³/mol. The Bertz CT molecular complexity index is 162. The number of hydrogen-bond acceptors (Lipinski definition) is 4. The zero-order valence-electron chi connectivity index (χ0n) is 5.79. The molecule has 10 heavy (non-hydrogen) atoms. The maximum atomic E-state index is 10.9. The Morgan fingerprint density at radius 2 is 2.30 bits per heavy atom. The molecule has 0 aliphatic heterocycles. The van der Waals surface area contributed by atoms with E-state index in [0.717, 1.165) is 12.8 Å². The largest absolute Gasteiger partial charge is 0.469 e. The van der Waals surface area contributed by atoms with Gasteiger partial charge in [0.05, 0.1) is 19.1 Å². The van der Waals surface area contributed by atoms with Crippen LogP contribution in [0.4, 0.5) is 0 Å². The van der Waals surface area contributed by atoms with Gasteiger partial charge in [-0.2, -0.15) is 4.91 Å². The van der Waals surface area contributed by atoms with Crippen LogP contribution >= 0.6 is 0 Å². The van der Waals surface area contributed by atoms with Crippen LogP contribution in [0.2, 0.25) is 0 Å². The summed E-state index contributed by atoms with van der Waals surface area (Å²) in [5.74, 6) is -0.299. The normalized spacial score (nSPS) is 19.7. The molecule has 0 bridgehead atoms. The lowest BCUT2D eigenvalue weighted by Gasteiger charge is -2.05. The number of nitrogens with zero attached hydrogens (tertiary/aromatic N) is 1. The summed E-state index contributed by atoms with van der Waals surface area (Å²) in [5.41, 5.74) is -0.531. The Labute approximate surface area is 58.5 Å². The predicted octanol–water partition coefficient (Wildman–Crippen LogP) is 0.706. The first-order valence-corrected chi connectivity index (χ1v) is 3.13. The van der Waals surface area contributed by atoms with Gasteiger partial charge in [-0.1, -0.05) is 5.18 Å². The molecule has 1 rings (SSSR count). The van der Waals surface area contributed by atoms with E-state index in [1.165, 1.54) is 7.11 Å². The highest BCUT2D eigenvalue weighted by Gasteiger charge is 2.51. The minimum absolute atomic E-state index is 0.0691. The fourth-order valence-corrected chi connectivity index (χ4v) is 0.918. The zero-order valence-corrected chi connectivity index (χ0v) is 5.79. The number of ether oxygens (including phenoxy) is 1. The van der Waals surface area contributed by atoms with Crippen LogP contribution in [0.1, 0.15) is 12.8 Å². The molecule has 0 N–H and O–H groups in total. The number of hydrogen-bond donors (Lipinski definition) is 0. The first-order valence-electron chi connectivity index (χ1n) is 3.13. The summed E-state index contributed by atoms with van der Waals surface area (Å²) in [6.07, 6.45) is 1.48. The molecule has 0 aromatic heterocycles. The standard InChI is InChI=1S/C6H9NO3/c1-10-5(8)6(2-3-6)4-7-9/h2-4H2,1H3. The van der Waals surface area contributed by atoms with E-state index < -0.39 is 5.41 Å². The Hall–Kier alpha value is -0.930. The molecule has 1 aliphatic rings. The van der Waals surface area contributed by atoms with E-state index in [4.69, 9.17) is 0 Å². The van der Waals surface area contributed by atoms with Crippen molar-refractivity contribution in [1.29, 1.82) is 0 Å². The summed E-state index contributed by atoms with van der Waals surface area (Å²) in [5, 5.41) is 2.69. The van der Waals surface area contributed by atoms with Crippen LogP contribution in [0.3, 0.4) is 0 Å². The number of nitroso groups, excluding NO2 is 1. The molecule has 0 aromatic rings. The van der Waals surface area contributed by atoms with Crippen molar-refractivity contribution in [2.75, 3.05) is 13.7 Å². The van der Waals surface area contributed by atoms with Crippen molar-refractivity contribution in [3.8, 4) is 0 Å². The van der Waals surface area contributed by atoms with E-state index in [1.807, 2.05) is 0 Å². The quantitative estimate of drug-likeness (QED) is 0.431. The minimum Gasteiger partial charge on any atom is -0.469 e. The van der Waals surface area contributed by atoms with E-state index in [2.05, 4.69) is 9.91 Å². The monoisotopic (exact) mass is 143 g/mol. The second-order valence-electron chi connectivity index (χ2n) is 2.56. The molecule has 1 aliphatic carbocycles. The van der Waals surface area contributed by atoms with Gasteiger partial charge in [-0.25, -0.2) is 0 Å². The highest BCUT2D eigenvalue weighted by molar-refractivity contribution is 5.80. The molecule has 4 nitrogen and oxygen atoms in total. The molecule has 0 radical (unpaired) electrons. The van der Waals surface area contributed by atoms with Crippen molar-refractivity contribution in [1.82, 2.24) is 0 Å². The van der Waals surface area contributed by atoms with Crippen LogP contribution < -0.4 is 0 Å². The molecular formula is C6H9NO3. The maximum Gasteiger partial charge on any atom is 0.313 e. The van der Waals surface area contributed by atoms with Gasteiger partial charge in [-0.05, 0) is 12.8 Å². The molecule has 0 aromatic carbocycles. The summed E-state index contributed by atoms with van der Waals surface area (Å²) in [6, 6.07) is 0. The zero-order chi connectivity index (χ0) is 7.61. The number of carbonyl (C=O) groups excluding carboxylic acids is 1. The van der Waals surface area contributed by atoms with Crippen LogP contribution in [0.5, 0.6) is 0 Å². The molecule has 0 saturated heterocycles. The van der Waals surface area contributed by atoms with E-state index in [1.54, 1.807) is 0 Å². The van der Waals surface area contributed by atoms with Crippen molar-refractivity contribution in [2.24, 2.45) is 10.6 Å². The highest BCUT2D eigenvalue weighted by atomic mass is 16.5. The lowest BCUT2D eigenvalue weighted by molar-refractivity contribution is -0.146. The topological polar surface area (TPSA) is 55.7 Å². The number of carbonyl (C=O) groups is 1. The fourth-order valence-electron chi connectivity index (χ4n) is 0.918. The first kappa shape index (κ1) is 7.18. The fraction of sp³-hybridized carbons (Fsp3) is 0.833. The Kier molecular flexibility index (Phi) is 1.70. The molecule has 0 unspecified atom stereocenters. The molecule has 0 spiro atoms. The minimum atomic E-state index is -0.531. The third-order valence-electron chi connectivity index (χ3n) is 1.84. The lowest BCUT2D eigenvalue weighted by atomic mass is 10.1. The van der Waals surface area contributed by atoms with Gasteiger partial charge in [0, 0.05) is 0 Å². The molecule has 56 valence electrons. The molecule has 0 heterocycles. The van der Waals surface area contributed by atoms with Crippen molar-refractivity contribution >= 4 is 5.97 Å². The Balaban J connectivity index is 2.51. The summed E-state index contributed by atoms with van der Waals surface area (Å²) in [6.45, 7) is 0.0691. The maximum absolute atomic E-state index is 10.9. The van der Waals surface area contributed by atoms with Gasteiger partial charge in [0.15, 0.2) is 0 Å². The number of rotatable bonds is 3. The lowest BCUT2D eigenvalue weighted by Crippen LogP contribution is -2.20. The summed E-state index contributed by atoms with van der Waals surface area (Å²) >= 11 is 0. The SMILES string of the molecule is COC(=O)C1(CN=O)CC1. The average molecular weight is 143 g/mol. The van der Waals surface area contributed by atoms with Gasteiger partial charge >= 0.3 is 5.97 Å².